The Kier molecular flexibility index (Phi) is 4.92. The fraction of sp³-hybridized carbons (Fsp3) is 0.250. The van der Waals surface area contributed by atoms with Crippen molar-refractivity contribution in [3.8, 4) is 5.75 Å². The Bertz CT molecular complexity index is 346. The van der Waals surface area contributed by atoms with Crippen LogP contribution in [-0.4, -0.2) is 19.8 Å². The van der Waals surface area contributed by atoms with Crippen molar-refractivity contribution in [1.29, 1.82) is 0 Å². The van der Waals surface area contributed by atoms with Crippen LogP contribution in [0, 0.1) is 0 Å². The Balaban J connectivity index is 2.36. The number of alkyl carbamates (subject to hydrolysis) is 1. The van der Waals surface area contributed by atoms with Crippen molar-refractivity contribution in [3.63, 3.8) is 0 Å². The van der Waals surface area contributed by atoms with Crippen LogP contribution < -0.4 is 10.1 Å². The monoisotopic (exact) mass is 221 g/mol. The number of carbonyl (C=O) groups is 1. The third kappa shape index (κ3) is 4.04. The number of hydrogen-bond acceptors (Lipinski definition) is 3. The predicted molar refractivity (Wildman–Crippen MR) is 61.4 cm³/mol. The lowest BCUT2D eigenvalue weighted by Crippen LogP contribution is -2.23. The van der Waals surface area contributed by atoms with E-state index in [4.69, 9.17) is 9.47 Å². The second-order valence-corrected chi connectivity index (χ2v) is 3.09. The van der Waals surface area contributed by atoms with E-state index in [1.165, 1.54) is 6.08 Å². The number of benzene rings is 1. The molecule has 1 aromatic rings. The van der Waals surface area contributed by atoms with Crippen LogP contribution in [0.3, 0.4) is 0 Å². The molecule has 0 aliphatic rings. The summed E-state index contributed by atoms with van der Waals surface area (Å²) < 4.78 is 9.79. The van der Waals surface area contributed by atoms with E-state index >= 15 is 0 Å². The highest BCUT2D eigenvalue weighted by Gasteiger charge is 2.00. The number of ether oxygens (including phenoxy) is 2. The molecule has 0 atom stereocenters. The van der Waals surface area contributed by atoms with E-state index in [-0.39, 0.29) is 6.61 Å². The van der Waals surface area contributed by atoms with Crippen molar-refractivity contribution in [2.45, 2.75) is 6.54 Å². The highest BCUT2D eigenvalue weighted by Crippen LogP contribution is 2.10. The third-order valence-electron chi connectivity index (χ3n) is 1.93. The van der Waals surface area contributed by atoms with Crippen LogP contribution in [0.5, 0.6) is 5.75 Å². The van der Waals surface area contributed by atoms with Gasteiger partial charge in [0.15, 0.2) is 0 Å². The van der Waals surface area contributed by atoms with Crippen LogP contribution in [0.4, 0.5) is 4.79 Å². The Morgan fingerprint density at radius 3 is 2.69 bits per heavy atom. The van der Waals surface area contributed by atoms with E-state index < -0.39 is 6.09 Å². The Labute approximate surface area is 94.9 Å². The predicted octanol–water partition coefficient (Wildman–Crippen LogP) is 2.11. The molecule has 4 heteroatoms. The second-order valence-electron chi connectivity index (χ2n) is 3.09. The van der Waals surface area contributed by atoms with Crippen LogP contribution in [0.1, 0.15) is 5.56 Å². The highest BCUT2D eigenvalue weighted by atomic mass is 16.5. The first-order valence-electron chi connectivity index (χ1n) is 4.90. The van der Waals surface area contributed by atoms with Crippen LogP contribution in [0.25, 0.3) is 0 Å². The van der Waals surface area contributed by atoms with Gasteiger partial charge in [0.25, 0.3) is 0 Å². The first kappa shape index (κ1) is 12.1. The van der Waals surface area contributed by atoms with Gasteiger partial charge in [-0.25, -0.2) is 4.79 Å². The summed E-state index contributed by atoms with van der Waals surface area (Å²) in [5.74, 6) is 0.790. The zero-order valence-electron chi connectivity index (χ0n) is 9.23. The number of amides is 1. The molecule has 0 bridgehead atoms. The molecule has 86 valence electrons. The van der Waals surface area contributed by atoms with Gasteiger partial charge in [-0.2, -0.15) is 0 Å². The molecular weight excluding hydrogens is 206 g/mol. The van der Waals surface area contributed by atoms with Gasteiger partial charge in [0.2, 0.25) is 0 Å². The van der Waals surface area contributed by atoms with Crippen molar-refractivity contribution in [2.24, 2.45) is 0 Å². The SMILES string of the molecule is C=CCOC(=O)NCc1ccc(OC)cc1. The first-order chi connectivity index (χ1) is 7.76. The van der Waals surface area contributed by atoms with Crippen LogP contribution in [-0.2, 0) is 11.3 Å². The molecule has 16 heavy (non-hydrogen) atoms. The van der Waals surface area contributed by atoms with Crippen molar-refractivity contribution in [3.05, 3.63) is 42.5 Å². The number of nitrogens with one attached hydrogen (secondary N) is 1. The average molecular weight is 221 g/mol. The lowest BCUT2D eigenvalue weighted by molar-refractivity contribution is 0.158. The molecule has 0 heterocycles. The molecule has 1 rings (SSSR count). The van der Waals surface area contributed by atoms with E-state index in [1.807, 2.05) is 24.3 Å². The van der Waals surface area contributed by atoms with Crippen molar-refractivity contribution in [1.82, 2.24) is 5.32 Å². The summed E-state index contributed by atoms with van der Waals surface area (Å²) in [5, 5.41) is 2.62. The fourth-order valence-electron chi connectivity index (χ4n) is 1.10. The molecule has 1 N–H and O–H groups in total. The molecule has 0 saturated heterocycles. The number of methoxy groups -OCH3 is 1. The summed E-state index contributed by atoms with van der Waals surface area (Å²) in [7, 11) is 1.61. The Hall–Kier alpha value is -1.97. The molecule has 1 amide bonds. The largest absolute Gasteiger partial charge is 0.497 e. The van der Waals surface area contributed by atoms with Gasteiger partial charge < -0.3 is 14.8 Å². The van der Waals surface area contributed by atoms with Crippen LogP contribution >= 0.6 is 0 Å². The summed E-state index contributed by atoms with van der Waals surface area (Å²) in [6.07, 6.45) is 1.07. The summed E-state index contributed by atoms with van der Waals surface area (Å²) >= 11 is 0. The maximum atomic E-state index is 11.1. The molecule has 0 saturated carbocycles. The maximum Gasteiger partial charge on any atom is 0.407 e. The second kappa shape index (κ2) is 6.50. The molecule has 0 aliphatic carbocycles. The van der Waals surface area contributed by atoms with Gasteiger partial charge in [0, 0.05) is 6.54 Å². The van der Waals surface area contributed by atoms with Crippen molar-refractivity contribution < 1.29 is 14.3 Å². The normalized spacial score (nSPS) is 9.31. The van der Waals surface area contributed by atoms with Gasteiger partial charge in [-0.15, -0.1) is 0 Å². The Morgan fingerprint density at radius 1 is 1.44 bits per heavy atom. The maximum absolute atomic E-state index is 11.1. The lowest BCUT2D eigenvalue weighted by atomic mass is 10.2. The van der Waals surface area contributed by atoms with E-state index in [2.05, 4.69) is 11.9 Å². The number of hydrogen-bond donors (Lipinski definition) is 1. The summed E-state index contributed by atoms with van der Waals surface area (Å²) in [6, 6.07) is 7.44. The minimum absolute atomic E-state index is 0.217. The van der Waals surface area contributed by atoms with Gasteiger partial charge in [-0.1, -0.05) is 24.8 Å². The van der Waals surface area contributed by atoms with Gasteiger partial charge in [-0.3, -0.25) is 0 Å². The molecule has 0 spiro atoms. The molecule has 0 fully saturated rings. The van der Waals surface area contributed by atoms with Gasteiger partial charge in [-0.05, 0) is 17.7 Å². The molecular formula is C12H15NO3. The smallest absolute Gasteiger partial charge is 0.407 e. The molecule has 0 aromatic heterocycles. The summed E-state index contributed by atoms with van der Waals surface area (Å²) in [5.41, 5.74) is 0.983. The topological polar surface area (TPSA) is 47.6 Å². The van der Waals surface area contributed by atoms with Crippen LogP contribution in [0.2, 0.25) is 0 Å². The highest BCUT2D eigenvalue weighted by molar-refractivity contribution is 5.67. The molecule has 4 nitrogen and oxygen atoms in total. The van der Waals surface area contributed by atoms with E-state index in [9.17, 15) is 4.79 Å². The quantitative estimate of drug-likeness (QED) is 0.774. The molecule has 0 radical (unpaired) electrons. The summed E-state index contributed by atoms with van der Waals surface area (Å²) in [4.78, 5) is 11.1. The van der Waals surface area contributed by atoms with E-state index in [1.54, 1.807) is 7.11 Å². The van der Waals surface area contributed by atoms with Gasteiger partial charge >= 0.3 is 6.09 Å². The zero-order valence-corrected chi connectivity index (χ0v) is 9.23. The zero-order chi connectivity index (χ0) is 11.8. The Morgan fingerprint density at radius 2 is 2.12 bits per heavy atom. The van der Waals surface area contributed by atoms with Crippen molar-refractivity contribution >= 4 is 6.09 Å². The van der Waals surface area contributed by atoms with Gasteiger partial charge in [0.1, 0.15) is 12.4 Å². The fourth-order valence-corrected chi connectivity index (χ4v) is 1.10. The minimum Gasteiger partial charge on any atom is -0.497 e. The minimum atomic E-state index is -0.448. The lowest BCUT2D eigenvalue weighted by Gasteiger charge is -2.06. The molecule has 0 aliphatic heterocycles. The molecule has 0 unspecified atom stereocenters. The van der Waals surface area contributed by atoms with E-state index in [0.717, 1.165) is 11.3 Å². The van der Waals surface area contributed by atoms with Crippen molar-refractivity contribution in [2.75, 3.05) is 13.7 Å². The first-order valence-corrected chi connectivity index (χ1v) is 4.90. The molecule has 1 aromatic carbocycles. The van der Waals surface area contributed by atoms with Gasteiger partial charge in [0.05, 0.1) is 7.11 Å². The van der Waals surface area contributed by atoms with Crippen LogP contribution in [0.15, 0.2) is 36.9 Å². The summed E-state index contributed by atoms with van der Waals surface area (Å²) in [6.45, 7) is 4.10. The number of rotatable bonds is 5. The number of carbonyl (C=O) groups excluding carboxylic acids is 1. The standard InChI is InChI=1S/C12H15NO3/c1-3-8-16-12(14)13-9-10-4-6-11(15-2)7-5-10/h3-7H,1,8-9H2,2H3,(H,13,14). The average Bonchev–Trinajstić information content (AvgIpc) is 2.34. The third-order valence-corrected chi connectivity index (χ3v) is 1.93. The van der Waals surface area contributed by atoms with E-state index in [0.29, 0.717) is 6.54 Å².